The first-order valence-electron chi connectivity index (χ1n) is 13.5. The van der Waals surface area contributed by atoms with Crippen molar-refractivity contribution < 1.29 is 4.74 Å². The molecule has 5 aromatic rings. The molecule has 6 rings (SSSR count). The molecule has 2 aromatic carbocycles. The molecular formula is C28H32N10O. The number of tetrazole rings is 1. The molecule has 0 bridgehead atoms. The van der Waals surface area contributed by atoms with Crippen molar-refractivity contribution in [3.05, 3.63) is 71.7 Å². The summed E-state index contributed by atoms with van der Waals surface area (Å²) in [6, 6.07) is 16.8. The smallest absolute Gasteiger partial charge is 0.254 e. The number of ether oxygens (including phenoxy) is 1. The number of hydrazine groups is 1. The van der Waals surface area contributed by atoms with Crippen molar-refractivity contribution in [1.82, 2.24) is 45.2 Å². The topological polar surface area (TPSA) is 113 Å². The standard InChI is InChI=1S/C28H32N10O/c1-3-7-25-24(27(31-28-29-19-30-38(25)28)37(4-2)36-14-16-39-17-15-36)18-20-10-12-21(13-11-20)22-8-5-6-9-23(22)26-32-34-35-33-26/h5-6,8-13,19H,3-4,7,14-18H2,1-2H3,(H,32,33,34,35). The van der Waals surface area contributed by atoms with Gasteiger partial charge in [-0.2, -0.15) is 20.3 Å². The van der Waals surface area contributed by atoms with Gasteiger partial charge in [-0.25, -0.2) is 9.52 Å². The minimum absolute atomic E-state index is 0.582. The first-order chi connectivity index (χ1) is 19.3. The number of hydrogen-bond donors (Lipinski definition) is 1. The zero-order valence-corrected chi connectivity index (χ0v) is 22.3. The van der Waals surface area contributed by atoms with Crippen LogP contribution in [0.2, 0.25) is 0 Å². The largest absolute Gasteiger partial charge is 0.379 e. The Morgan fingerprint density at radius 1 is 1.00 bits per heavy atom. The molecule has 1 aliphatic heterocycles. The van der Waals surface area contributed by atoms with Gasteiger partial charge in [0.1, 0.15) is 6.33 Å². The number of anilines is 1. The van der Waals surface area contributed by atoms with E-state index in [4.69, 9.17) is 9.72 Å². The average molecular weight is 525 g/mol. The van der Waals surface area contributed by atoms with E-state index >= 15 is 0 Å². The lowest BCUT2D eigenvalue weighted by atomic mass is 9.96. The summed E-state index contributed by atoms with van der Waals surface area (Å²) in [5.74, 6) is 2.17. The third-order valence-electron chi connectivity index (χ3n) is 7.13. The van der Waals surface area contributed by atoms with E-state index in [1.54, 1.807) is 6.33 Å². The Hall–Kier alpha value is -4.22. The van der Waals surface area contributed by atoms with E-state index in [1.807, 2.05) is 22.7 Å². The normalized spacial score (nSPS) is 14.2. The molecule has 0 aliphatic carbocycles. The first kappa shape index (κ1) is 25.1. The van der Waals surface area contributed by atoms with E-state index < -0.39 is 0 Å². The van der Waals surface area contributed by atoms with Gasteiger partial charge < -0.3 is 4.74 Å². The average Bonchev–Trinajstić information content (AvgIpc) is 3.69. The van der Waals surface area contributed by atoms with Crippen LogP contribution >= 0.6 is 0 Å². The summed E-state index contributed by atoms with van der Waals surface area (Å²) in [4.78, 5) is 9.50. The second-order valence-corrected chi connectivity index (χ2v) is 9.52. The van der Waals surface area contributed by atoms with E-state index in [9.17, 15) is 0 Å². The zero-order chi connectivity index (χ0) is 26.6. The maximum Gasteiger partial charge on any atom is 0.254 e. The molecule has 4 heterocycles. The predicted octanol–water partition coefficient (Wildman–Crippen LogP) is 3.59. The number of morpholine rings is 1. The van der Waals surface area contributed by atoms with Crippen LogP contribution < -0.4 is 5.01 Å². The van der Waals surface area contributed by atoms with Crippen LogP contribution in [0.4, 0.5) is 5.82 Å². The molecule has 11 nitrogen and oxygen atoms in total. The van der Waals surface area contributed by atoms with Gasteiger partial charge in [0.05, 0.1) is 18.9 Å². The van der Waals surface area contributed by atoms with Gasteiger partial charge in [0, 0.05) is 37.2 Å². The highest BCUT2D eigenvalue weighted by molar-refractivity contribution is 5.80. The second-order valence-electron chi connectivity index (χ2n) is 9.52. The van der Waals surface area contributed by atoms with Crippen LogP contribution in [-0.2, 0) is 17.6 Å². The summed E-state index contributed by atoms with van der Waals surface area (Å²) in [7, 11) is 0. The fraction of sp³-hybridized carbons (Fsp3) is 0.357. The number of aromatic nitrogens is 8. The molecule has 39 heavy (non-hydrogen) atoms. The molecule has 11 heteroatoms. The van der Waals surface area contributed by atoms with E-state index in [2.05, 4.69) is 84.9 Å². The van der Waals surface area contributed by atoms with Gasteiger partial charge in [-0.3, -0.25) is 5.01 Å². The lowest BCUT2D eigenvalue weighted by Crippen LogP contribution is -2.49. The molecule has 1 saturated heterocycles. The van der Waals surface area contributed by atoms with Crippen molar-refractivity contribution in [3.63, 3.8) is 0 Å². The van der Waals surface area contributed by atoms with Crippen LogP contribution in [0.1, 0.15) is 37.1 Å². The summed E-state index contributed by atoms with van der Waals surface area (Å²) in [6.07, 6.45) is 4.22. The SMILES string of the molecule is CCCc1c(Cc2ccc(-c3ccccc3-c3nn[nH]n3)cc2)c(N(CC)N2CCOCC2)nc2ncnn12. The highest BCUT2D eigenvalue weighted by Crippen LogP contribution is 2.32. The molecule has 1 fully saturated rings. The number of nitrogens with zero attached hydrogens (tertiary/aromatic N) is 9. The van der Waals surface area contributed by atoms with Crippen LogP contribution in [0.5, 0.6) is 0 Å². The van der Waals surface area contributed by atoms with Crippen molar-refractivity contribution in [2.24, 2.45) is 0 Å². The Labute approximate surface area is 226 Å². The second kappa shape index (κ2) is 11.3. The quantitative estimate of drug-likeness (QED) is 0.309. The number of benzene rings is 2. The summed E-state index contributed by atoms with van der Waals surface area (Å²) in [5, 5.41) is 23.8. The number of hydrogen-bond acceptors (Lipinski definition) is 9. The summed E-state index contributed by atoms with van der Waals surface area (Å²) in [6.45, 7) is 8.28. The third kappa shape index (κ3) is 4.98. The number of nitrogens with one attached hydrogen (secondary N) is 1. The Morgan fingerprint density at radius 2 is 1.79 bits per heavy atom. The minimum atomic E-state index is 0.582. The molecule has 1 aliphatic rings. The highest BCUT2D eigenvalue weighted by atomic mass is 16.5. The molecule has 0 unspecified atom stereocenters. The maximum absolute atomic E-state index is 5.63. The molecule has 0 saturated carbocycles. The van der Waals surface area contributed by atoms with Crippen molar-refractivity contribution in [3.8, 4) is 22.5 Å². The summed E-state index contributed by atoms with van der Waals surface area (Å²) in [5.41, 5.74) is 6.65. The fourth-order valence-corrected chi connectivity index (χ4v) is 5.30. The van der Waals surface area contributed by atoms with Crippen LogP contribution in [0, 0.1) is 0 Å². The van der Waals surface area contributed by atoms with Gasteiger partial charge in [-0.15, -0.1) is 10.2 Å². The Morgan fingerprint density at radius 3 is 2.51 bits per heavy atom. The van der Waals surface area contributed by atoms with Crippen molar-refractivity contribution in [2.45, 2.75) is 33.1 Å². The van der Waals surface area contributed by atoms with Gasteiger partial charge in [-0.1, -0.05) is 61.9 Å². The van der Waals surface area contributed by atoms with Crippen LogP contribution in [0.15, 0.2) is 54.9 Å². The molecule has 0 radical (unpaired) electrons. The van der Waals surface area contributed by atoms with Gasteiger partial charge >= 0.3 is 0 Å². The van der Waals surface area contributed by atoms with E-state index in [1.165, 1.54) is 11.1 Å². The molecule has 3 aromatic heterocycles. The predicted molar refractivity (Wildman–Crippen MR) is 148 cm³/mol. The fourth-order valence-electron chi connectivity index (χ4n) is 5.30. The van der Waals surface area contributed by atoms with Crippen LogP contribution in [0.25, 0.3) is 28.3 Å². The Balaban J connectivity index is 1.39. The maximum atomic E-state index is 5.63. The minimum Gasteiger partial charge on any atom is -0.379 e. The summed E-state index contributed by atoms with van der Waals surface area (Å²) < 4.78 is 7.54. The number of H-pyrrole nitrogens is 1. The van der Waals surface area contributed by atoms with Gasteiger partial charge in [0.2, 0.25) is 5.82 Å². The number of fused-ring (bicyclic) bond motifs is 1. The molecule has 0 amide bonds. The van der Waals surface area contributed by atoms with Crippen LogP contribution in [-0.4, -0.2) is 78.1 Å². The van der Waals surface area contributed by atoms with Gasteiger partial charge in [0.25, 0.3) is 5.78 Å². The zero-order valence-electron chi connectivity index (χ0n) is 22.3. The molecule has 0 atom stereocenters. The third-order valence-corrected chi connectivity index (χ3v) is 7.13. The van der Waals surface area contributed by atoms with Crippen molar-refractivity contribution in [1.29, 1.82) is 0 Å². The van der Waals surface area contributed by atoms with Gasteiger partial charge in [-0.05, 0) is 35.2 Å². The van der Waals surface area contributed by atoms with Gasteiger partial charge in [0.15, 0.2) is 5.82 Å². The van der Waals surface area contributed by atoms with E-state index in [-0.39, 0.29) is 0 Å². The lowest BCUT2D eigenvalue weighted by Gasteiger charge is -2.38. The first-order valence-corrected chi connectivity index (χ1v) is 13.5. The monoisotopic (exact) mass is 524 g/mol. The van der Waals surface area contributed by atoms with E-state index in [0.717, 1.165) is 67.1 Å². The number of rotatable bonds is 9. The molecule has 1 N–H and O–H groups in total. The Bertz CT molecular complexity index is 1520. The molecule has 200 valence electrons. The van der Waals surface area contributed by atoms with Crippen molar-refractivity contribution in [2.75, 3.05) is 37.9 Å². The van der Waals surface area contributed by atoms with Crippen molar-refractivity contribution >= 4 is 11.6 Å². The summed E-state index contributed by atoms with van der Waals surface area (Å²) >= 11 is 0. The number of aromatic amines is 1. The molecule has 0 spiro atoms. The molecular weight excluding hydrogens is 492 g/mol. The van der Waals surface area contributed by atoms with E-state index in [0.29, 0.717) is 24.8 Å². The lowest BCUT2D eigenvalue weighted by molar-refractivity contribution is 0.0318. The number of aryl methyl sites for hydroxylation is 1. The Kier molecular flexibility index (Phi) is 7.24. The van der Waals surface area contributed by atoms with Crippen LogP contribution in [0.3, 0.4) is 0 Å². The highest BCUT2D eigenvalue weighted by Gasteiger charge is 2.25.